The normalized spacial score (nSPS) is 11.1. The number of nitrogens with two attached hydrogens (primary N) is 1. The first-order valence-corrected chi connectivity index (χ1v) is 6.82. The number of aryl methyl sites for hydroxylation is 1. The van der Waals surface area contributed by atoms with E-state index >= 15 is 0 Å². The Hall–Kier alpha value is -1.46. The van der Waals surface area contributed by atoms with E-state index in [9.17, 15) is 0 Å². The summed E-state index contributed by atoms with van der Waals surface area (Å²) < 4.78 is 0. The molecule has 0 aliphatic rings. The number of aromatic nitrogens is 2. The number of anilines is 1. The molecule has 0 radical (unpaired) electrons. The molecule has 0 saturated carbocycles. The molecule has 0 aliphatic heterocycles. The molecule has 2 heterocycles. The molecule has 4 nitrogen and oxygen atoms in total. The third-order valence-electron chi connectivity index (χ3n) is 2.83. The minimum atomic E-state index is 0.530. The predicted molar refractivity (Wildman–Crippen MR) is 75.5 cm³/mol. The van der Waals surface area contributed by atoms with Gasteiger partial charge in [0.05, 0.1) is 6.54 Å². The van der Waals surface area contributed by atoms with Crippen molar-refractivity contribution < 1.29 is 0 Å². The van der Waals surface area contributed by atoms with Crippen molar-refractivity contribution >= 4 is 17.2 Å². The van der Waals surface area contributed by atoms with Crippen molar-refractivity contribution in [2.75, 3.05) is 19.3 Å². The summed E-state index contributed by atoms with van der Waals surface area (Å²) in [6.45, 7) is 3.89. The summed E-state index contributed by atoms with van der Waals surface area (Å²) in [6, 6.07) is 3.87. The molecule has 2 rings (SSSR count). The smallest absolute Gasteiger partial charge is 0.144 e. The van der Waals surface area contributed by atoms with Crippen LogP contribution in [0.2, 0.25) is 0 Å². The Bertz CT molecular complexity index is 509. The van der Waals surface area contributed by atoms with Crippen LogP contribution < -0.4 is 5.73 Å². The van der Waals surface area contributed by atoms with Crippen LogP contribution in [-0.2, 0) is 13.0 Å². The van der Waals surface area contributed by atoms with Crippen LogP contribution in [0.5, 0.6) is 0 Å². The van der Waals surface area contributed by atoms with E-state index in [1.165, 1.54) is 10.4 Å². The molecule has 0 aliphatic carbocycles. The van der Waals surface area contributed by atoms with Gasteiger partial charge in [-0.2, -0.15) is 0 Å². The topological polar surface area (TPSA) is 55.0 Å². The molecule has 0 bridgehead atoms. The van der Waals surface area contributed by atoms with Gasteiger partial charge in [0.15, 0.2) is 0 Å². The van der Waals surface area contributed by atoms with E-state index in [0.29, 0.717) is 5.82 Å². The van der Waals surface area contributed by atoms with Crippen molar-refractivity contribution in [3.8, 4) is 0 Å². The van der Waals surface area contributed by atoms with Crippen LogP contribution in [0.15, 0.2) is 23.7 Å². The van der Waals surface area contributed by atoms with Gasteiger partial charge in [-0.25, -0.2) is 9.97 Å². The van der Waals surface area contributed by atoms with E-state index < -0.39 is 0 Å². The zero-order valence-corrected chi connectivity index (χ0v) is 11.6. The summed E-state index contributed by atoms with van der Waals surface area (Å²) in [5.74, 6) is 1.31. The summed E-state index contributed by atoms with van der Waals surface area (Å²) in [5.41, 5.74) is 7.02. The van der Waals surface area contributed by atoms with Gasteiger partial charge < -0.3 is 5.73 Å². The summed E-state index contributed by atoms with van der Waals surface area (Å²) in [5, 5.41) is 2.14. The monoisotopic (exact) mass is 262 g/mol. The van der Waals surface area contributed by atoms with Gasteiger partial charge in [0.25, 0.3) is 0 Å². The SMILES string of the molecule is Cc1ccsc1CCN(C)Cc1nccc(N)n1. The van der Waals surface area contributed by atoms with Gasteiger partial charge in [0.1, 0.15) is 11.6 Å². The molecule has 0 amide bonds. The van der Waals surface area contributed by atoms with E-state index in [-0.39, 0.29) is 0 Å². The Morgan fingerprint density at radius 3 is 2.89 bits per heavy atom. The molecule has 0 fully saturated rings. The minimum Gasteiger partial charge on any atom is -0.384 e. The van der Waals surface area contributed by atoms with Gasteiger partial charge in [-0.1, -0.05) is 0 Å². The highest BCUT2D eigenvalue weighted by Gasteiger charge is 2.05. The fourth-order valence-electron chi connectivity index (χ4n) is 1.76. The summed E-state index contributed by atoms with van der Waals surface area (Å²) in [4.78, 5) is 12.1. The summed E-state index contributed by atoms with van der Waals surface area (Å²) >= 11 is 1.82. The largest absolute Gasteiger partial charge is 0.384 e. The second-order valence-electron chi connectivity index (χ2n) is 4.41. The van der Waals surface area contributed by atoms with Gasteiger partial charge in [-0.05, 0) is 43.5 Å². The van der Waals surface area contributed by atoms with Crippen LogP contribution in [0.4, 0.5) is 5.82 Å². The minimum absolute atomic E-state index is 0.530. The van der Waals surface area contributed by atoms with Gasteiger partial charge in [0, 0.05) is 17.6 Å². The van der Waals surface area contributed by atoms with Crippen LogP contribution in [0.3, 0.4) is 0 Å². The zero-order chi connectivity index (χ0) is 13.0. The van der Waals surface area contributed by atoms with E-state index in [1.54, 1.807) is 12.3 Å². The van der Waals surface area contributed by atoms with Crippen LogP contribution >= 0.6 is 11.3 Å². The number of nitrogens with zero attached hydrogens (tertiary/aromatic N) is 3. The second kappa shape index (κ2) is 5.93. The molecule has 0 unspecified atom stereocenters. The summed E-state index contributed by atoms with van der Waals surface area (Å²) in [6.07, 6.45) is 2.78. The van der Waals surface area contributed by atoms with Gasteiger partial charge in [0.2, 0.25) is 0 Å². The average Bonchev–Trinajstić information content (AvgIpc) is 2.72. The molecule has 0 saturated heterocycles. The molecule has 0 spiro atoms. The Morgan fingerprint density at radius 1 is 1.39 bits per heavy atom. The highest BCUT2D eigenvalue weighted by molar-refractivity contribution is 7.10. The first kappa shape index (κ1) is 13.0. The Balaban J connectivity index is 1.86. The molecular formula is C13H18N4S. The standard InChI is InChI=1S/C13H18N4S/c1-10-5-8-18-11(10)4-7-17(2)9-13-15-6-3-12(14)16-13/h3,5-6,8H,4,7,9H2,1-2H3,(H2,14,15,16). The van der Waals surface area contributed by atoms with E-state index in [4.69, 9.17) is 5.73 Å². The maximum atomic E-state index is 5.64. The number of nitrogen functional groups attached to an aromatic ring is 1. The number of hydrogen-bond acceptors (Lipinski definition) is 5. The van der Waals surface area contributed by atoms with Crippen molar-refractivity contribution in [2.24, 2.45) is 0 Å². The highest BCUT2D eigenvalue weighted by Crippen LogP contribution is 2.16. The van der Waals surface area contributed by atoms with E-state index in [0.717, 1.165) is 25.3 Å². The third kappa shape index (κ3) is 3.51. The molecule has 0 aromatic carbocycles. The summed E-state index contributed by atoms with van der Waals surface area (Å²) in [7, 11) is 2.08. The van der Waals surface area contributed by atoms with Crippen molar-refractivity contribution in [2.45, 2.75) is 19.9 Å². The number of likely N-dealkylation sites (N-methyl/N-ethyl adjacent to an activating group) is 1. The number of rotatable bonds is 5. The lowest BCUT2D eigenvalue weighted by Gasteiger charge is -2.15. The van der Waals surface area contributed by atoms with Crippen LogP contribution in [0.1, 0.15) is 16.3 Å². The molecular weight excluding hydrogens is 244 g/mol. The van der Waals surface area contributed by atoms with Crippen LogP contribution in [-0.4, -0.2) is 28.5 Å². The Morgan fingerprint density at radius 2 is 2.22 bits per heavy atom. The number of hydrogen-bond donors (Lipinski definition) is 1. The second-order valence-corrected chi connectivity index (χ2v) is 5.41. The van der Waals surface area contributed by atoms with Crippen molar-refractivity contribution in [3.63, 3.8) is 0 Å². The van der Waals surface area contributed by atoms with Crippen molar-refractivity contribution in [1.82, 2.24) is 14.9 Å². The average molecular weight is 262 g/mol. The highest BCUT2D eigenvalue weighted by atomic mass is 32.1. The Kier molecular flexibility index (Phi) is 4.28. The fraction of sp³-hybridized carbons (Fsp3) is 0.385. The molecule has 2 aromatic rings. The fourth-order valence-corrected chi connectivity index (χ4v) is 2.66. The van der Waals surface area contributed by atoms with Gasteiger partial charge >= 0.3 is 0 Å². The first-order chi connectivity index (χ1) is 8.65. The maximum absolute atomic E-state index is 5.64. The van der Waals surface area contributed by atoms with Gasteiger partial charge in [-0.3, -0.25) is 4.90 Å². The van der Waals surface area contributed by atoms with E-state index in [1.807, 2.05) is 11.3 Å². The van der Waals surface area contributed by atoms with Crippen molar-refractivity contribution in [1.29, 1.82) is 0 Å². The molecule has 96 valence electrons. The Labute approximate surface area is 111 Å². The first-order valence-electron chi connectivity index (χ1n) is 5.94. The molecule has 18 heavy (non-hydrogen) atoms. The number of thiophene rings is 1. The quantitative estimate of drug-likeness (QED) is 0.896. The zero-order valence-electron chi connectivity index (χ0n) is 10.8. The van der Waals surface area contributed by atoms with E-state index in [2.05, 4.69) is 40.3 Å². The van der Waals surface area contributed by atoms with Gasteiger partial charge in [-0.15, -0.1) is 11.3 Å². The molecule has 5 heteroatoms. The molecule has 2 N–H and O–H groups in total. The lowest BCUT2D eigenvalue weighted by molar-refractivity contribution is 0.323. The van der Waals surface area contributed by atoms with Crippen LogP contribution in [0.25, 0.3) is 0 Å². The maximum Gasteiger partial charge on any atom is 0.144 e. The van der Waals surface area contributed by atoms with Crippen molar-refractivity contribution in [3.05, 3.63) is 40.0 Å². The lowest BCUT2D eigenvalue weighted by atomic mass is 10.2. The lowest BCUT2D eigenvalue weighted by Crippen LogP contribution is -2.22. The van der Waals surface area contributed by atoms with Crippen LogP contribution in [0, 0.1) is 6.92 Å². The predicted octanol–water partition coefficient (Wildman–Crippen LogP) is 2.10. The third-order valence-corrected chi connectivity index (χ3v) is 3.91. The molecule has 0 atom stereocenters. The molecule has 2 aromatic heterocycles.